The Labute approximate surface area is 253 Å². The van der Waals surface area contributed by atoms with Gasteiger partial charge in [-0.05, 0) is 37.1 Å². The molecule has 0 spiro atoms. The summed E-state index contributed by atoms with van der Waals surface area (Å²) in [4.78, 5) is 59.9. The summed E-state index contributed by atoms with van der Waals surface area (Å²) in [5, 5.41) is 81.6. The molecule has 3 aromatic carbocycles. The van der Waals surface area contributed by atoms with E-state index in [9.17, 15) is 60.7 Å². The van der Waals surface area contributed by atoms with Gasteiger partial charge < -0.3 is 15.9 Å². The number of para-hydroxylation sites is 1. The maximum absolute atomic E-state index is 10.4. The van der Waals surface area contributed by atoms with Gasteiger partial charge >= 0.3 is 22.7 Å². The number of aromatic nitrogens is 1. The predicted molar refractivity (Wildman–Crippen MR) is 155 cm³/mol. The number of pyridine rings is 1. The monoisotopic (exact) mass is 644 g/mol. The lowest BCUT2D eigenvalue weighted by atomic mass is 10.1. The molecule has 0 fully saturated rings. The van der Waals surface area contributed by atoms with Crippen LogP contribution in [0.25, 0.3) is 10.9 Å². The minimum absolute atomic E-state index is 0.447. The molecule has 0 aliphatic heterocycles. The number of rotatable bonds is 9. The molecule has 0 amide bonds. The van der Waals surface area contributed by atoms with E-state index in [0.717, 1.165) is 24.9 Å². The molecule has 0 atom stereocenters. The molecule has 0 saturated heterocycles. The van der Waals surface area contributed by atoms with Crippen molar-refractivity contribution >= 4 is 45.0 Å². The third-order valence-electron chi connectivity index (χ3n) is 5.63. The van der Waals surface area contributed by atoms with Gasteiger partial charge in [-0.2, -0.15) is 0 Å². The first-order chi connectivity index (χ1) is 21.6. The first-order valence-electron chi connectivity index (χ1n) is 12.2. The van der Waals surface area contributed by atoms with E-state index in [2.05, 4.69) is 17.1 Å². The summed E-state index contributed by atoms with van der Waals surface area (Å²) in [7, 11) is 0. The topological polar surface area (TPSA) is 338 Å². The van der Waals surface area contributed by atoms with Crippen LogP contribution in [0.2, 0.25) is 0 Å². The number of aryl methyl sites for hydroxylation is 1. The van der Waals surface area contributed by atoms with Gasteiger partial charge in [0, 0.05) is 11.6 Å². The van der Waals surface area contributed by atoms with Crippen LogP contribution in [-0.2, 0) is 6.42 Å². The SMILES string of the molecule is NCCCc1cnc2ccccc2c1.O=[N+]([O-])c1cc([N+](=O)[O-])c(O)c([N+](=O)[O-])c1.O=[N+]([O-])c1cc([N+](=O)[O-])c(O)c([N+](=O)[O-])c1. The van der Waals surface area contributed by atoms with E-state index >= 15 is 0 Å². The van der Waals surface area contributed by atoms with Gasteiger partial charge in [0.2, 0.25) is 0 Å². The molecule has 4 N–H and O–H groups in total. The number of non-ortho nitro benzene ring substituents is 2. The number of nitro benzene ring substituents is 6. The lowest BCUT2D eigenvalue weighted by Gasteiger charge is -2.01. The number of benzene rings is 3. The lowest BCUT2D eigenvalue weighted by molar-refractivity contribution is -0.404. The Kier molecular flexibility index (Phi) is 11.9. The van der Waals surface area contributed by atoms with E-state index in [1.54, 1.807) is 0 Å². The minimum atomic E-state index is -1.21. The summed E-state index contributed by atoms with van der Waals surface area (Å²) in [6.07, 6.45) is 3.99. The van der Waals surface area contributed by atoms with Crippen molar-refractivity contribution in [3.05, 3.63) is 127 Å². The molecule has 1 aromatic heterocycles. The van der Waals surface area contributed by atoms with Crippen LogP contribution >= 0.6 is 0 Å². The third-order valence-corrected chi connectivity index (χ3v) is 5.63. The molecule has 22 heteroatoms. The predicted octanol–water partition coefficient (Wildman–Crippen LogP) is 4.36. The van der Waals surface area contributed by atoms with Gasteiger partial charge in [0.25, 0.3) is 22.9 Å². The first kappa shape index (κ1) is 35.2. The first-order valence-corrected chi connectivity index (χ1v) is 12.2. The second kappa shape index (κ2) is 15.5. The highest BCUT2D eigenvalue weighted by Crippen LogP contribution is 2.40. The Hall–Kier alpha value is -6.97. The van der Waals surface area contributed by atoms with E-state index in [1.165, 1.54) is 10.9 Å². The Balaban J connectivity index is 0.000000241. The fraction of sp³-hybridized carbons (Fsp3) is 0.125. The summed E-state index contributed by atoms with van der Waals surface area (Å²) in [6, 6.07) is 12.1. The Morgan fingerprint density at radius 2 is 1.00 bits per heavy atom. The Morgan fingerprint density at radius 3 is 1.35 bits per heavy atom. The number of aromatic hydroxyl groups is 2. The molecule has 0 saturated carbocycles. The van der Waals surface area contributed by atoms with Gasteiger partial charge in [-0.25, -0.2) is 0 Å². The van der Waals surface area contributed by atoms with Crippen molar-refractivity contribution in [2.24, 2.45) is 5.73 Å². The van der Waals surface area contributed by atoms with Gasteiger partial charge in [0.1, 0.15) is 0 Å². The van der Waals surface area contributed by atoms with Crippen molar-refractivity contribution in [1.29, 1.82) is 0 Å². The number of hydrogen-bond acceptors (Lipinski definition) is 16. The van der Waals surface area contributed by atoms with Crippen LogP contribution in [-0.4, -0.2) is 51.3 Å². The quantitative estimate of drug-likeness (QED) is 0.168. The average molecular weight is 644 g/mol. The van der Waals surface area contributed by atoms with E-state index in [4.69, 9.17) is 15.9 Å². The van der Waals surface area contributed by atoms with Gasteiger partial charge in [-0.15, -0.1) is 0 Å². The smallest absolute Gasteiger partial charge is 0.324 e. The summed E-state index contributed by atoms with van der Waals surface area (Å²) < 4.78 is 0. The lowest BCUT2D eigenvalue weighted by Crippen LogP contribution is -2.00. The van der Waals surface area contributed by atoms with Crippen molar-refractivity contribution < 1.29 is 39.8 Å². The van der Waals surface area contributed by atoms with Crippen molar-refractivity contribution in [3.63, 3.8) is 0 Å². The highest BCUT2D eigenvalue weighted by molar-refractivity contribution is 5.78. The number of fused-ring (bicyclic) bond motifs is 1. The molecular formula is C24H20N8O14. The molecule has 0 aliphatic rings. The van der Waals surface area contributed by atoms with Crippen LogP contribution in [0.1, 0.15) is 12.0 Å². The van der Waals surface area contributed by atoms with E-state index in [1.807, 2.05) is 24.4 Å². The van der Waals surface area contributed by atoms with Crippen molar-refractivity contribution in [2.45, 2.75) is 12.8 Å². The molecule has 22 nitrogen and oxygen atoms in total. The van der Waals surface area contributed by atoms with Crippen molar-refractivity contribution in [1.82, 2.24) is 4.98 Å². The van der Waals surface area contributed by atoms with Crippen LogP contribution < -0.4 is 5.73 Å². The second-order valence-corrected chi connectivity index (χ2v) is 8.64. The van der Waals surface area contributed by atoms with Crippen molar-refractivity contribution in [2.75, 3.05) is 6.54 Å². The fourth-order valence-electron chi connectivity index (χ4n) is 3.51. The van der Waals surface area contributed by atoms with Crippen molar-refractivity contribution in [3.8, 4) is 11.5 Å². The Morgan fingerprint density at radius 1 is 0.609 bits per heavy atom. The van der Waals surface area contributed by atoms with Gasteiger partial charge in [-0.3, -0.25) is 65.7 Å². The van der Waals surface area contributed by atoms with Crippen LogP contribution in [0.4, 0.5) is 34.1 Å². The fourth-order valence-corrected chi connectivity index (χ4v) is 3.51. The number of phenolic OH excluding ortho intramolecular Hbond substituents is 2. The average Bonchev–Trinajstić information content (AvgIpc) is 2.99. The molecule has 0 radical (unpaired) electrons. The van der Waals surface area contributed by atoms with Crippen LogP contribution in [0.3, 0.4) is 0 Å². The normalized spacial score (nSPS) is 10.0. The molecule has 0 bridgehead atoms. The minimum Gasteiger partial charge on any atom is -0.497 e. The molecule has 240 valence electrons. The zero-order valence-electron chi connectivity index (χ0n) is 22.9. The van der Waals surface area contributed by atoms with Crippen LogP contribution in [0.5, 0.6) is 11.5 Å². The number of nitro groups is 6. The summed E-state index contributed by atoms with van der Waals surface area (Å²) in [5.74, 6) is -2.42. The zero-order chi connectivity index (χ0) is 34.7. The molecular weight excluding hydrogens is 624 g/mol. The molecule has 0 unspecified atom stereocenters. The number of phenols is 2. The summed E-state index contributed by atoms with van der Waals surface area (Å²) >= 11 is 0. The Bertz CT molecular complexity index is 1690. The zero-order valence-corrected chi connectivity index (χ0v) is 22.9. The maximum Gasteiger partial charge on any atom is 0.324 e. The standard InChI is InChI=1S/C12H14N2.2C6H3N3O7/c13-7-3-4-10-8-11-5-1-2-6-12(11)14-9-10;2*10-6-4(8(13)14)1-3(7(11)12)2-5(6)9(15)16/h1-2,5-6,8-9H,3-4,7,13H2;2*1-2,10H. The number of hydrogen-bond donors (Lipinski definition) is 3. The van der Waals surface area contributed by atoms with Gasteiger partial charge in [0.05, 0.1) is 59.3 Å². The third kappa shape index (κ3) is 9.01. The van der Waals surface area contributed by atoms with Crippen LogP contribution in [0, 0.1) is 60.7 Å². The van der Waals surface area contributed by atoms with Crippen LogP contribution in [0.15, 0.2) is 60.8 Å². The molecule has 4 aromatic rings. The highest BCUT2D eigenvalue weighted by atomic mass is 16.7. The number of nitrogens with two attached hydrogens (primary N) is 1. The summed E-state index contributed by atoms with van der Waals surface area (Å²) in [5.41, 5.74) is 1.80. The highest BCUT2D eigenvalue weighted by Gasteiger charge is 2.31. The maximum atomic E-state index is 10.4. The molecule has 46 heavy (non-hydrogen) atoms. The van der Waals surface area contributed by atoms with Gasteiger partial charge in [0.15, 0.2) is 0 Å². The molecule has 0 aliphatic carbocycles. The second-order valence-electron chi connectivity index (χ2n) is 8.64. The van der Waals surface area contributed by atoms with E-state index < -0.39 is 75.2 Å². The summed E-state index contributed by atoms with van der Waals surface area (Å²) in [6.45, 7) is 0.743. The van der Waals surface area contributed by atoms with E-state index in [0.29, 0.717) is 24.3 Å². The van der Waals surface area contributed by atoms with Gasteiger partial charge in [-0.1, -0.05) is 18.2 Å². The molecule has 4 rings (SSSR count). The number of nitrogens with zero attached hydrogens (tertiary/aromatic N) is 7. The van der Waals surface area contributed by atoms with E-state index in [-0.39, 0.29) is 0 Å². The molecule has 1 heterocycles. The largest absolute Gasteiger partial charge is 0.497 e.